The van der Waals surface area contributed by atoms with E-state index in [1.807, 2.05) is 0 Å². The molecule has 364 valence electrons. The quantitative estimate of drug-likeness (QED) is 0.0262. The van der Waals surface area contributed by atoms with Gasteiger partial charge in [-0.2, -0.15) is 0 Å². The molecule has 0 bridgehead atoms. The van der Waals surface area contributed by atoms with E-state index in [2.05, 4.69) is 45.1 Å². The summed E-state index contributed by atoms with van der Waals surface area (Å²) in [5, 5.41) is 0. The molecule has 0 aromatic carbocycles. The maximum absolute atomic E-state index is 12.8. The van der Waals surface area contributed by atoms with Crippen molar-refractivity contribution in [3.05, 3.63) is 24.3 Å². The van der Waals surface area contributed by atoms with Gasteiger partial charge in [-0.05, 0) is 51.4 Å². The van der Waals surface area contributed by atoms with E-state index in [9.17, 15) is 14.4 Å². The molecule has 0 N–H and O–H groups in total. The van der Waals surface area contributed by atoms with Crippen LogP contribution in [0.25, 0.3) is 0 Å². The second kappa shape index (κ2) is 51.5. The summed E-state index contributed by atoms with van der Waals surface area (Å²) >= 11 is 0. The lowest BCUT2D eigenvalue weighted by molar-refractivity contribution is -0.167. The van der Waals surface area contributed by atoms with E-state index in [4.69, 9.17) is 14.2 Å². The molecule has 6 nitrogen and oxygen atoms in total. The summed E-state index contributed by atoms with van der Waals surface area (Å²) in [6.45, 7) is 6.62. The second-order valence-electron chi connectivity index (χ2n) is 18.5. The molecule has 0 rings (SSSR count). The first-order valence-electron chi connectivity index (χ1n) is 27.3. The van der Waals surface area contributed by atoms with Gasteiger partial charge >= 0.3 is 17.9 Å². The van der Waals surface area contributed by atoms with Gasteiger partial charge in [0.15, 0.2) is 6.10 Å². The lowest BCUT2D eigenvalue weighted by Crippen LogP contribution is -2.30. The van der Waals surface area contributed by atoms with Crippen LogP contribution in [0.2, 0.25) is 0 Å². The minimum atomic E-state index is -0.769. The third kappa shape index (κ3) is 48.9. The van der Waals surface area contributed by atoms with Crippen molar-refractivity contribution in [2.24, 2.45) is 0 Å². The Morgan fingerprint density at radius 2 is 0.581 bits per heavy atom. The highest BCUT2D eigenvalue weighted by Gasteiger charge is 2.19. The molecular formula is C56H104O6. The van der Waals surface area contributed by atoms with Crippen molar-refractivity contribution in [2.45, 2.75) is 303 Å². The van der Waals surface area contributed by atoms with Gasteiger partial charge in [0.2, 0.25) is 0 Å². The Hall–Kier alpha value is -2.11. The zero-order valence-electron chi connectivity index (χ0n) is 41.7. The molecule has 0 aromatic rings. The predicted molar refractivity (Wildman–Crippen MR) is 266 cm³/mol. The molecule has 0 heterocycles. The molecule has 0 saturated carbocycles. The predicted octanol–water partition coefficient (Wildman–Crippen LogP) is 17.9. The summed E-state index contributed by atoms with van der Waals surface area (Å²) in [6.07, 6.45) is 58.9. The molecular weight excluding hydrogens is 769 g/mol. The van der Waals surface area contributed by atoms with Crippen LogP contribution in [-0.2, 0) is 28.6 Å². The van der Waals surface area contributed by atoms with Gasteiger partial charge < -0.3 is 14.2 Å². The zero-order chi connectivity index (χ0) is 45.1. The van der Waals surface area contributed by atoms with Gasteiger partial charge in [-0.25, -0.2) is 0 Å². The number of carbonyl (C=O) groups is 3. The maximum Gasteiger partial charge on any atom is 0.306 e. The average Bonchev–Trinajstić information content (AvgIpc) is 3.27. The summed E-state index contributed by atoms with van der Waals surface area (Å²) in [5.41, 5.74) is 0. The smallest absolute Gasteiger partial charge is 0.306 e. The van der Waals surface area contributed by atoms with Crippen LogP contribution in [0.1, 0.15) is 297 Å². The summed E-state index contributed by atoms with van der Waals surface area (Å²) in [6, 6.07) is 0. The largest absolute Gasteiger partial charge is 0.462 e. The van der Waals surface area contributed by atoms with Crippen molar-refractivity contribution >= 4 is 17.9 Å². The fourth-order valence-electron chi connectivity index (χ4n) is 8.06. The van der Waals surface area contributed by atoms with Crippen molar-refractivity contribution in [1.82, 2.24) is 0 Å². The van der Waals surface area contributed by atoms with E-state index in [0.29, 0.717) is 19.3 Å². The van der Waals surface area contributed by atoms with Gasteiger partial charge in [-0.3, -0.25) is 14.4 Å². The highest BCUT2D eigenvalue weighted by molar-refractivity contribution is 5.71. The number of esters is 3. The van der Waals surface area contributed by atoms with Gasteiger partial charge in [-0.15, -0.1) is 0 Å². The third-order valence-electron chi connectivity index (χ3n) is 12.2. The highest BCUT2D eigenvalue weighted by atomic mass is 16.6. The Balaban J connectivity index is 4.23. The van der Waals surface area contributed by atoms with Gasteiger partial charge in [0.25, 0.3) is 0 Å². The van der Waals surface area contributed by atoms with Gasteiger partial charge in [-0.1, -0.05) is 251 Å². The van der Waals surface area contributed by atoms with Crippen molar-refractivity contribution in [1.29, 1.82) is 0 Å². The van der Waals surface area contributed by atoms with Crippen molar-refractivity contribution in [3.8, 4) is 0 Å². The van der Waals surface area contributed by atoms with Crippen LogP contribution in [0.4, 0.5) is 0 Å². The number of unbranched alkanes of at least 4 members (excludes halogenated alkanes) is 35. The first-order chi connectivity index (χ1) is 30.5. The molecule has 0 fully saturated rings. The fraction of sp³-hybridized carbons (Fsp3) is 0.875. The van der Waals surface area contributed by atoms with Gasteiger partial charge in [0.05, 0.1) is 0 Å². The highest BCUT2D eigenvalue weighted by Crippen LogP contribution is 2.16. The Bertz CT molecular complexity index is 1000. The van der Waals surface area contributed by atoms with E-state index in [-0.39, 0.29) is 31.1 Å². The van der Waals surface area contributed by atoms with Gasteiger partial charge in [0.1, 0.15) is 13.2 Å². The number of hydrogen-bond donors (Lipinski definition) is 0. The van der Waals surface area contributed by atoms with Crippen molar-refractivity contribution in [3.63, 3.8) is 0 Å². The Morgan fingerprint density at radius 3 is 0.919 bits per heavy atom. The summed E-state index contributed by atoms with van der Waals surface area (Å²) in [7, 11) is 0. The van der Waals surface area contributed by atoms with Crippen LogP contribution in [0.15, 0.2) is 24.3 Å². The lowest BCUT2D eigenvalue weighted by atomic mass is 10.0. The molecule has 62 heavy (non-hydrogen) atoms. The summed E-state index contributed by atoms with van der Waals surface area (Å²) in [5.74, 6) is -0.866. The van der Waals surface area contributed by atoms with Crippen molar-refractivity contribution < 1.29 is 28.6 Å². The van der Waals surface area contributed by atoms with E-state index < -0.39 is 6.10 Å². The third-order valence-corrected chi connectivity index (χ3v) is 12.2. The van der Waals surface area contributed by atoms with E-state index in [1.165, 1.54) is 186 Å². The van der Waals surface area contributed by atoms with E-state index in [0.717, 1.165) is 70.6 Å². The average molecular weight is 873 g/mol. The van der Waals surface area contributed by atoms with Crippen LogP contribution >= 0.6 is 0 Å². The maximum atomic E-state index is 12.8. The molecule has 0 aromatic heterocycles. The number of hydrogen-bond acceptors (Lipinski definition) is 6. The molecule has 0 spiro atoms. The number of ether oxygens (including phenoxy) is 3. The van der Waals surface area contributed by atoms with Crippen molar-refractivity contribution in [2.75, 3.05) is 13.2 Å². The molecule has 0 amide bonds. The summed E-state index contributed by atoms with van der Waals surface area (Å²) in [4.78, 5) is 37.9. The monoisotopic (exact) mass is 873 g/mol. The number of allylic oxidation sites excluding steroid dienone is 4. The molecule has 0 aliphatic heterocycles. The number of rotatable bonds is 50. The Morgan fingerprint density at radius 1 is 0.323 bits per heavy atom. The topological polar surface area (TPSA) is 78.9 Å². The van der Waals surface area contributed by atoms with Crippen LogP contribution in [-0.4, -0.2) is 37.2 Å². The summed E-state index contributed by atoms with van der Waals surface area (Å²) < 4.78 is 16.8. The lowest BCUT2D eigenvalue weighted by Gasteiger charge is -2.18. The first kappa shape index (κ1) is 59.9. The fourth-order valence-corrected chi connectivity index (χ4v) is 8.06. The molecule has 0 radical (unpaired) electrons. The van der Waals surface area contributed by atoms with Crippen LogP contribution in [0.5, 0.6) is 0 Å². The van der Waals surface area contributed by atoms with Gasteiger partial charge in [0, 0.05) is 19.3 Å². The number of carbonyl (C=O) groups excluding carboxylic acids is 3. The van der Waals surface area contributed by atoms with Crippen LogP contribution in [0, 0.1) is 0 Å². The van der Waals surface area contributed by atoms with E-state index >= 15 is 0 Å². The van der Waals surface area contributed by atoms with Crippen LogP contribution < -0.4 is 0 Å². The SMILES string of the molecule is CCCCC/C=C\C/C=C\CCCCCCCCCC(=O)OC(COC(=O)CCCCCCCCCC)COC(=O)CCCCCCCCCCCCCCCCCCCCC. The first-order valence-corrected chi connectivity index (χ1v) is 27.3. The molecule has 0 aliphatic carbocycles. The zero-order valence-corrected chi connectivity index (χ0v) is 41.7. The normalized spacial score (nSPS) is 12.1. The molecule has 1 unspecified atom stereocenters. The minimum Gasteiger partial charge on any atom is -0.462 e. The molecule has 1 atom stereocenters. The Labute approximate surface area is 385 Å². The minimum absolute atomic E-state index is 0.0698. The molecule has 0 aliphatic rings. The van der Waals surface area contributed by atoms with Crippen LogP contribution in [0.3, 0.4) is 0 Å². The molecule has 0 saturated heterocycles. The molecule has 6 heteroatoms. The standard InChI is InChI=1S/C56H104O6/c1-4-7-10-13-16-19-21-23-25-27-28-30-31-33-35-37-40-43-46-49-55(58)61-52-53(51-60-54(57)48-45-42-39-18-15-12-9-6-3)62-56(59)50-47-44-41-38-36-34-32-29-26-24-22-20-17-14-11-8-5-2/h17,20,24,26,53H,4-16,18-19,21-23,25,27-52H2,1-3H3/b20-17-,26-24-. The Kier molecular flexibility index (Phi) is 49.8. The second-order valence-corrected chi connectivity index (χ2v) is 18.5. The van der Waals surface area contributed by atoms with E-state index in [1.54, 1.807) is 0 Å².